The summed E-state index contributed by atoms with van der Waals surface area (Å²) in [4.78, 5) is 6.73. The number of anilines is 1. The lowest BCUT2D eigenvalue weighted by atomic mass is 10.1. The Morgan fingerprint density at radius 2 is 2.16 bits per heavy atom. The van der Waals surface area contributed by atoms with Crippen molar-refractivity contribution in [2.24, 2.45) is 0 Å². The number of ether oxygens (including phenoxy) is 1. The molecule has 4 nitrogen and oxygen atoms in total. The maximum Gasteiger partial charge on any atom is 0.136 e. The van der Waals surface area contributed by atoms with Crippen LogP contribution in [0.5, 0.6) is 5.75 Å². The van der Waals surface area contributed by atoms with Gasteiger partial charge in [0, 0.05) is 29.6 Å². The normalized spacial score (nSPS) is 14.6. The zero-order chi connectivity index (χ0) is 13.2. The Labute approximate surface area is 112 Å². The summed E-state index contributed by atoms with van der Waals surface area (Å²) in [5.41, 5.74) is 0. The highest BCUT2D eigenvalue weighted by Gasteiger charge is 2.30. The van der Waals surface area contributed by atoms with Crippen molar-refractivity contribution >= 4 is 16.6 Å². The van der Waals surface area contributed by atoms with Crippen molar-refractivity contribution < 1.29 is 9.84 Å². The fourth-order valence-electron chi connectivity index (χ4n) is 2.53. The molecule has 1 N–H and O–H groups in total. The van der Waals surface area contributed by atoms with E-state index in [9.17, 15) is 5.11 Å². The minimum absolute atomic E-state index is 0.151. The molecule has 1 aromatic carbocycles. The number of hydrogen-bond acceptors (Lipinski definition) is 4. The van der Waals surface area contributed by atoms with Gasteiger partial charge in [-0.3, -0.25) is 0 Å². The molecule has 1 aromatic heterocycles. The first-order valence-corrected chi connectivity index (χ1v) is 6.64. The molecule has 0 aliphatic heterocycles. The first-order chi connectivity index (χ1) is 9.35. The first kappa shape index (κ1) is 12.2. The highest BCUT2D eigenvalue weighted by atomic mass is 16.5. The van der Waals surface area contributed by atoms with Crippen LogP contribution in [-0.2, 0) is 0 Å². The summed E-state index contributed by atoms with van der Waals surface area (Å²) in [6, 6.07) is 8.50. The van der Waals surface area contributed by atoms with Crippen LogP contribution in [0.1, 0.15) is 12.8 Å². The Bertz CT molecular complexity index is 581. The van der Waals surface area contributed by atoms with Gasteiger partial charge in [-0.15, -0.1) is 0 Å². The summed E-state index contributed by atoms with van der Waals surface area (Å²) in [6.45, 7) is 0.784. The van der Waals surface area contributed by atoms with Crippen molar-refractivity contribution in [1.29, 1.82) is 0 Å². The Kier molecular flexibility index (Phi) is 3.25. The Morgan fingerprint density at radius 1 is 1.32 bits per heavy atom. The van der Waals surface area contributed by atoms with Gasteiger partial charge in [0.05, 0.1) is 13.7 Å². The Morgan fingerprint density at radius 3 is 2.84 bits per heavy atom. The SMILES string of the molecule is COc1cccc2c(N(CCO)C3CC3)nccc12. The van der Waals surface area contributed by atoms with Gasteiger partial charge in [-0.05, 0) is 25.0 Å². The lowest BCUT2D eigenvalue weighted by molar-refractivity contribution is 0.301. The fraction of sp³-hybridized carbons (Fsp3) is 0.400. The van der Waals surface area contributed by atoms with Gasteiger partial charge in [0.1, 0.15) is 11.6 Å². The molecule has 1 saturated carbocycles. The predicted octanol–water partition coefficient (Wildman–Crippen LogP) is 2.20. The minimum Gasteiger partial charge on any atom is -0.496 e. The van der Waals surface area contributed by atoms with E-state index in [1.54, 1.807) is 7.11 Å². The molecule has 0 unspecified atom stereocenters. The molecule has 0 atom stereocenters. The van der Waals surface area contributed by atoms with E-state index in [0.29, 0.717) is 12.6 Å². The number of aliphatic hydroxyl groups excluding tert-OH is 1. The van der Waals surface area contributed by atoms with Crippen LogP contribution >= 0.6 is 0 Å². The quantitative estimate of drug-likeness (QED) is 0.893. The summed E-state index contributed by atoms with van der Waals surface area (Å²) in [7, 11) is 1.68. The lowest BCUT2D eigenvalue weighted by Gasteiger charge is -2.24. The zero-order valence-corrected chi connectivity index (χ0v) is 11.0. The Hall–Kier alpha value is -1.81. The van der Waals surface area contributed by atoms with E-state index in [2.05, 4.69) is 16.0 Å². The summed E-state index contributed by atoms with van der Waals surface area (Å²) >= 11 is 0. The second-order valence-corrected chi connectivity index (χ2v) is 4.84. The van der Waals surface area contributed by atoms with Crippen LogP contribution < -0.4 is 9.64 Å². The number of aliphatic hydroxyl groups is 1. The third-order valence-electron chi connectivity index (χ3n) is 3.57. The molecule has 1 aliphatic carbocycles. The van der Waals surface area contributed by atoms with Crippen LogP contribution in [0.4, 0.5) is 5.82 Å². The van der Waals surface area contributed by atoms with E-state index in [-0.39, 0.29) is 6.61 Å². The molecular formula is C15H18N2O2. The summed E-state index contributed by atoms with van der Waals surface area (Å²) in [6.07, 6.45) is 4.18. The molecule has 100 valence electrons. The molecule has 1 heterocycles. The van der Waals surface area contributed by atoms with E-state index < -0.39 is 0 Å². The van der Waals surface area contributed by atoms with Crippen LogP contribution in [0.2, 0.25) is 0 Å². The van der Waals surface area contributed by atoms with Crippen LogP contribution in [0, 0.1) is 0 Å². The molecule has 0 bridgehead atoms. The second kappa shape index (κ2) is 5.05. The number of aromatic nitrogens is 1. The fourth-order valence-corrected chi connectivity index (χ4v) is 2.53. The maximum absolute atomic E-state index is 9.25. The van der Waals surface area contributed by atoms with E-state index >= 15 is 0 Å². The van der Waals surface area contributed by atoms with Gasteiger partial charge < -0.3 is 14.7 Å². The lowest BCUT2D eigenvalue weighted by Crippen LogP contribution is -2.29. The maximum atomic E-state index is 9.25. The minimum atomic E-state index is 0.151. The average molecular weight is 258 g/mol. The number of rotatable bonds is 5. The second-order valence-electron chi connectivity index (χ2n) is 4.84. The predicted molar refractivity (Wildman–Crippen MR) is 75.7 cm³/mol. The number of nitrogens with zero attached hydrogens (tertiary/aromatic N) is 2. The van der Waals surface area contributed by atoms with Crippen molar-refractivity contribution in [2.75, 3.05) is 25.2 Å². The third kappa shape index (κ3) is 2.24. The molecular weight excluding hydrogens is 240 g/mol. The molecule has 4 heteroatoms. The molecule has 1 aliphatic rings. The molecule has 1 fully saturated rings. The smallest absolute Gasteiger partial charge is 0.136 e. The van der Waals surface area contributed by atoms with E-state index in [4.69, 9.17) is 4.74 Å². The zero-order valence-electron chi connectivity index (χ0n) is 11.0. The third-order valence-corrected chi connectivity index (χ3v) is 3.57. The van der Waals surface area contributed by atoms with E-state index in [1.165, 1.54) is 12.8 Å². The van der Waals surface area contributed by atoms with Crippen molar-refractivity contribution in [2.45, 2.75) is 18.9 Å². The average Bonchev–Trinajstić information content (AvgIpc) is 3.28. The molecule has 0 saturated heterocycles. The topological polar surface area (TPSA) is 45.6 Å². The van der Waals surface area contributed by atoms with Gasteiger partial charge in [-0.25, -0.2) is 4.98 Å². The molecule has 0 spiro atoms. The molecule has 0 radical (unpaired) electrons. The van der Waals surface area contributed by atoms with Gasteiger partial charge in [0.2, 0.25) is 0 Å². The highest BCUT2D eigenvalue weighted by molar-refractivity contribution is 5.96. The van der Waals surface area contributed by atoms with Crippen molar-refractivity contribution in [3.05, 3.63) is 30.5 Å². The number of methoxy groups -OCH3 is 1. The Balaban J connectivity index is 2.12. The summed E-state index contributed by atoms with van der Waals surface area (Å²) < 4.78 is 5.40. The molecule has 2 aromatic rings. The summed E-state index contributed by atoms with van der Waals surface area (Å²) in [5.74, 6) is 1.81. The molecule has 19 heavy (non-hydrogen) atoms. The van der Waals surface area contributed by atoms with Crippen LogP contribution in [0.25, 0.3) is 10.8 Å². The van der Waals surface area contributed by atoms with Gasteiger partial charge >= 0.3 is 0 Å². The van der Waals surface area contributed by atoms with E-state index in [1.807, 2.05) is 24.4 Å². The van der Waals surface area contributed by atoms with Gasteiger partial charge in [0.15, 0.2) is 0 Å². The van der Waals surface area contributed by atoms with Gasteiger partial charge in [-0.2, -0.15) is 0 Å². The summed E-state index contributed by atoms with van der Waals surface area (Å²) in [5, 5.41) is 11.4. The number of pyridine rings is 1. The highest BCUT2D eigenvalue weighted by Crippen LogP contribution is 2.36. The van der Waals surface area contributed by atoms with Crippen molar-refractivity contribution in [3.63, 3.8) is 0 Å². The van der Waals surface area contributed by atoms with Crippen LogP contribution in [-0.4, -0.2) is 36.4 Å². The molecule has 3 rings (SSSR count). The number of hydrogen-bond donors (Lipinski definition) is 1. The van der Waals surface area contributed by atoms with E-state index in [0.717, 1.165) is 22.3 Å². The van der Waals surface area contributed by atoms with Crippen molar-refractivity contribution in [1.82, 2.24) is 4.98 Å². The number of fused-ring (bicyclic) bond motifs is 1. The first-order valence-electron chi connectivity index (χ1n) is 6.64. The monoisotopic (exact) mass is 258 g/mol. The number of benzene rings is 1. The van der Waals surface area contributed by atoms with Crippen LogP contribution in [0.15, 0.2) is 30.5 Å². The van der Waals surface area contributed by atoms with Crippen molar-refractivity contribution in [3.8, 4) is 5.75 Å². The molecule has 0 amide bonds. The standard InChI is InChI=1S/C15H18N2O2/c1-19-14-4-2-3-13-12(14)7-8-16-15(13)17(9-10-18)11-5-6-11/h2-4,7-8,11,18H,5-6,9-10H2,1H3. The van der Waals surface area contributed by atoms with Gasteiger partial charge in [-0.1, -0.05) is 12.1 Å². The van der Waals surface area contributed by atoms with Crippen LogP contribution in [0.3, 0.4) is 0 Å². The largest absolute Gasteiger partial charge is 0.496 e. The van der Waals surface area contributed by atoms with Gasteiger partial charge in [0.25, 0.3) is 0 Å².